The van der Waals surface area contributed by atoms with Crippen LogP contribution >= 0.6 is 15.9 Å². The first-order valence-electron chi connectivity index (χ1n) is 10.8. The van der Waals surface area contributed by atoms with E-state index in [1.54, 1.807) is 51.1 Å². The molecule has 0 fully saturated rings. The average molecular weight is 535 g/mol. The van der Waals surface area contributed by atoms with Crippen molar-refractivity contribution in [3.63, 3.8) is 0 Å². The molecule has 0 saturated heterocycles. The molecular formula is C24H24BrFN2O6. The molecule has 0 bridgehead atoms. The van der Waals surface area contributed by atoms with E-state index in [4.69, 9.17) is 14.2 Å². The minimum absolute atomic E-state index is 0.0326. The van der Waals surface area contributed by atoms with Crippen LogP contribution in [-0.2, 0) is 23.8 Å². The summed E-state index contributed by atoms with van der Waals surface area (Å²) in [6, 6.07) is 9.81. The first-order chi connectivity index (χ1) is 16.3. The summed E-state index contributed by atoms with van der Waals surface area (Å²) in [5.74, 6) is -5.51. The van der Waals surface area contributed by atoms with E-state index >= 15 is 0 Å². The number of esters is 3. The molecule has 0 N–H and O–H groups in total. The van der Waals surface area contributed by atoms with Crippen molar-refractivity contribution >= 4 is 39.5 Å². The lowest BCUT2D eigenvalue weighted by molar-refractivity contribution is -0.162. The highest BCUT2D eigenvalue weighted by molar-refractivity contribution is 9.10. The lowest BCUT2D eigenvalue weighted by Crippen LogP contribution is -2.35. The minimum atomic E-state index is -1.46. The average Bonchev–Trinajstić information content (AvgIpc) is 3.16. The molecule has 8 nitrogen and oxygen atoms in total. The largest absolute Gasteiger partial charge is 0.465 e. The number of imidazole rings is 1. The molecule has 0 spiro atoms. The fourth-order valence-corrected chi connectivity index (χ4v) is 4.03. The number of nitrogens with zero attached hydrogens (tertiary/aromatic N) is 2. The van der Waals surface area contributed by atoms with Gasteiger partial charge >= 0.3 is 17.9 Å². The predicted octanol–water partition coefficient (Wildman–Crippen LogP) is 4.29. The third-order valence-corrected chi connectivity index (χ3v) is 5.62. The number of carbonyl (C=O) groups excluding carboxylic acids is 3. The Hall–Kier alpha value is -3.27. The van der Waals surface area contributed by atoms with Crippen LogP contribution in [0.5, 0.6) is 0 Å². The summed E-state index contributed by atoms with van der Waals surface area (Å²) in [6.45, 7) is 5.01. The van der Waals surface area contributed by atoms with E-state index < -0.39 is 35.6 Å². The zero-order chi connectivity index (χ0) is 24.8. The van der Waals surface area contributed by atoms with Crippen molar-refractivity contribution in [1.29, 1.82) is 0 Å². The first-order valence-corrected chi connectivity index (χ1v) is 11.6. The number of carbonyl (C=O) groups is 3. The Morgan fingerprint density at radius 2 is 1.59 bits per heavy atom. The standard InChI is InChI=1S/C24H24BrFN2O6/c1-4-32-22(29)19(23(30)33-5-2)18(14-10-8-7-9-11-14)21-20(24(31)34-6-3)27-17-12-16(26)15(25)13-28(17)21/h7-13,18-19H,4-6H2,1-3H3. The van der Waals surface area contributed by atoms with Gasteiger partial charge in [0.2, 0.25) is 0 Å². The zero-order valence-corrected chi connectivity index (χ0v) is 20.5. The molecule has 0 amide bonds. The SMILES string of the molecule is CCOC(=O)c1nc2cc(F)c(Br)cn2c1C(c1ccccc1)C(C(=O)OCC)C(=O)OCC. The van der Waals surface area contributed by atoms with Gasteiger partial charge in [0.25, 0.3) is 0 Å². The topological polar surface area (TPSA) is 96.2 Å². The van der Waals surface area contributed by atoms with Crippen molar-refractivity contribution in [3.8, 4) is 0 Å². The minimum Gasteiger partial charge on any atom is -0.465 e. The molecule has 2 aromatic heterocycles. The van der Waals surface area contributed by atoms with Crippen LogP contribution in [0.4, 0.5) is 4.39 Å². The molecule has 2 heterocycles. The molecule has 0 aliphatic heterocycles. The summed E-state index contributed by atoms with van der Waals surface area (Å²) in [6.07, 6.45) is 1.39. The fourth-order valence-electron chi connectivity index (χ4n) is 3.71. The number of rotatable bonds is 9. The quantitative estimate of drug-likeness (QED) is 0.229. The number of benzene rings is 1. The van der Waals surface area contributed by atoms with Gasteiger partial charge in [-0.05, 0) is 42.3 Å². The van der Waals surface area contributed by atoms with Gasteiger partial charge in [-0.1, -0.05) is 30.3 Å². The van der Waals surface area contributed by atoms with Crippen LogP contribution in [0.3, 0.4) is 0 Å². The molecule has 34 heavy (non-hydrogen) atoms. The summed E-state index contributed by atoms with van der Waals surface area (Å²) < 4.78 is 31.5. The Balaban J connectivity index is 2.39. The molecule has 10 heteroatoms. The molecule has 1 unspecified atom stereocenters. The molecule has 0 aliphatic rings. The van der Waals surface area contributed by atoms with E-state index in [-0.39, 0.29) is 41.3 Å². The third-order valence-electron chi connectivity index (χ3n) is 5.04. The summed E-state index contributed by atoms with van der Waals surface area (Å²) in [5, 5.41) is 0. The number of pyridine rings is 1. The number of halogens is 2. The van der Waals surface area contributed by atoms with Crippen LogP contribution in [0.25, 0.3) is 5.65 Å². The normalized spacial score (nSPS) is 11.9. The van der Waals surface area contributed by atoms with Gasteiger partial charge < -0.3 is 18.6 Å². The van der Waals surface area contributed by atoms with Crippen LogP contribution in [-0.4, -0.2) is 47.1 Å². The maximum absolute atomic E-state index is 14.3. The van der Waals surface area contributed by atoms with E-state index in [0.717, 1.165) is 6.07 Å². The molecule has 1 aromatic carbocycles. The molecule has 3 rings (SSSR count). The van der Waals surface area contributed by atoms with Crippen molar-refractivity contribution in [2.24, 2.45) is 5.92 Å². The van der Waals surface area contributed by atoms with Gasteiger partial charge in [0, 0.05) is 12.3 Å². The first kappa shape index (κ1) is 25.4. The Morgan fingerprint density at radius 1 is 1.00 bits per heavy atom. The zero-order valence-electron chi connectivity index (χ0n) is 18.9. The van der Waals surface area contributed by atoms with Gasteiger partial charge in [0.05, 0.1) is 35.9 Å². The molecule has 3 aromatic rings. The molecule has 0 aliphatic carbocycles. The molecule has 180 valence electrons. The van der Waals surface area contributed by atoms with E-state index in [1.165, 1.54) is 10.6 Å². The summed E-state index contributed by atoms with van der Waals surface area (Å²) in [5.41, 5.74) is 0.658. The molecule has 0 radical (unpaired) electrons. The van der Waals surface area contributed by atoms with Crippen molar-refractivity contribution < 1.29 is 33.0 Å². The summed E-state index contributed by atoms with van der Waals surface area (Å²) in [7, 11) is 0. The van der Waals surface area contributed by atoms with E-state index in [0.29, 0.717) is 5.56 Å². The molecular weight excluding hydrogens is 511 g/mol. The Labute approximate surface area is 204 Å². The Kier molecular flexibility index (Phi) is 8.38. The van der Waals surface area contributed by atoms with Crippen molar-refractivity contribution in [2.75, 3.05) is 19.8 Å². The lowest BCUT2D eigenvalue weighted by atomic mass is 9.82. The Bertz CT molecular complexity index is 1180. The van der Waals surface area contributed by atoms with Crippen LogP contribution < -0.4 is 0 Å². The summed E-state index contributed by atoms with van der Waals surface area (Å²) in [4.78, 5) is 43.4. The molecule has 0 saturated carbocycles. The Morgan fingerprint density at radius 3 is 2.15 bits per heavy atom. The monoisotopic (exact) mass is 534 g/mol. The molecule has 1 atom stereocenters. The van der Waals surface area contributed by atoms with Crippen molar-refractivity contribution in [1.82, 2.24) is 9.38 Å². The van der Waals surface area contributed by atoms with E-state index in [2.05, 4.69) is 20.9 Å². The smallest absolute Gasteiger partial charge is 0.358 e. The summed E-state index contributed by atoms with van der Waals surface area (Å²) >= 11 is 3.15. The van der Waals surface area contributed by atoms with E-state index in [1.807, 2.05) is 0 Å². The number of aromatic nitrogens is 2. The van der Waals surface area contributed by atoms with Gasteiger partial charge in [-0.25, -0.2) is 14.2 Å². The number of hydrogen-bond acceptors (Lipinski definition) is 7. The van der Waals surface area contributed by atoms with Gasteiger partial charge in [0.15, 0.2) is 11.6 Å². The lowest BCUT2D eigenvalue weighted by Gasteiger charge is -2.25. The van der Waals surface area contributed by atoms with Gasteiger partial charge in [-0.2, -0.15) is 0 Å². The van der Waals surface area contributed by atoms with Crippen LogP contribution in [0.2, 0.25) is 0 Å². The third kappa shape index (κ3) is 5.11. The van der Waals surface area contributed by atoms with Gasteiger partial charge in [0.1, 0.15) is 11.5 Å². The second-order valence-corrected chi connectivity index (χ2v) is 7.99. The predicted molar refractivity (Wildman–Crippen MR) is 124 cm³/mol. The number of ether oxygens (including phenoxy) is 3. The van der Waals surface area contributed by atoms with Crippen molar-refractivity contribution in [2.45, 2.75) is 26.7 Å². The second kappa shape index (κ2) is 11.2. The number of hydrogen-bond donors (Lipinski definition) is 0. The number of fused-ring (bicyclic) bond motifs is 1. The van der Waals surface area contributed by atoms with Crippen molar-refractivity contribution in [3.05, 3.63) is 69.8 Å². The highest BCUT2D eigenvalue weighted by Gasteiger charge is 2.43. The maximum atomic E-state index is 14.3. The maximum Gasteiger partial charge on any atom is 0.358 e. The second-order valence-electron chi connectivity index (χ2n) is 7.13. The van der Waals surface area contributed by atoms with Gasteiger partial charge in [-0.3, -0.25) is 9.59 Å². The van der Waals surface area contributed by atoms with Crippen LogP contribution in [0.15, 0.2) is 47.1 Å². The van der Waals surface area contributed by atoms with Crippen LogP contribution in [0.1, 0.15) is 48.4 Å². The highest BCUT2D eigenvalue weighted by Crippen LogP contribution is 2.37. The van der Waals surface area contributed by atoms with Gasteiger partial charge in [-0.15, -0.1) is 0 Å². The van der Waals surface area contributed by atoms with E-state index in [9.17, 15) is 18.8 Å². The fraction of sp³-hybridized carbons (Fsp3) is 0.333. The highest BCUT2D eigenvalue weighted by atomic mass is 79.9. The van der Waals surface area contributed by atoms with Crippen LogP contribution in [0, 0.1) is 11.7 Å².